The topological polar surface area (TPSA) is 125 Å². The Morgan fingerprint density at radius 1 is 1.11 bits per heavy atom. The number of carbonyl (C=O) groups excluding carboxylic acids is 3. The smallest absolute Gasteiger partial charge is 0.416 e. The minimum atomic E-state index is -4.57. The van der Waals surface area contributed by atoms with Crippen molar-refractivity contribution in [2.24, 2.45) is 0 Å². The summed E-state index contributed by atoms with van der Waals surface area (Å²) in [6, 6.07) is 5.56. The van der Waals surface area contributed by atoms with Crippen LogP contribution in [0, 0.1) is 0 Å². The molecule has 5 rings (SSSR count). The molecule has 0 saturated heterocycles. The van der Waals surface area contributed by atoms with Crippen molar-refractivity contribution >= 4 is 18.1 Å². The van der Waals surface area contributed by atoms with Gasteiger partial charge in [0.25, 0.3) is 5.91 Å². The fourth-order valence-electron chi connectivity index (χ4n) is 6.56. The predicted molar refractivity (Wildman–Crippen MR) is 153 cm³/mol. The second-order valence-electron chi connectivity index (χ2n) is 11.3. The first kappa shape index (κ1) is 31.5. The van der Waals surface area contributed by atoms with Crippen LogP contribution in [-0.4, -0.2) is 77.8 Å². The number of nitrogens with one attached hydrogen (secondary N) is 1. The number of aliphatic hydroxyl groups excluding tert-OH is 2. The molecule has 9 nitrogen and oxygen atoms in total. The summed E-state index contributed by atoms with van der Waals surface area (Å²) in [5.74, 6) is -1.47. The third-order valence-corrected chi connectivity index (χ3v) is 8.64. The minimum Gasteiger partial charge on any atom is -0.493 e. The molecule has 12 heteroatoms. The Morgan fingerprint density at radius 3 is 2.39 bits per heavy atom. The number of carbonyl (C=O) groups is 3. The summed E-state index contributed by atoms with van der Waals surface area (Å²) in [7, 11) is 1.40. The first-order valence-electron chi connectivity index (χ1n) is 14.7. The first-order valence-corrected chi connectivity index (χ1v) is 14.7. The monoisotopic (exact) mass is 616 g/mol. The van der Waals surface area contributed by atoms with Crippen molar-refractivity contribution in [2.75, 3.05) is 20.3 Å². The normalized spacial score (nSPS) is 23.4. The molecule has 1 aliphatic heterocycles. The molecule has 0 radical (unpaired) electrons. The number of hydrogen-bond donors (Lipinski definition) is 3. The number of methoxy groups -OCH3 is 1. The molecule has 4 atom stereocenters. The van der Waals surface area contributed by atoms with E-state index in [9.17, 15) is 37.8 Å². The van der Waals surface area contributed by atoms with Crippen molar-refractivity contribution in [2.45, 2.75) is 74.9 Å². The second kappa shape index (κ2) is 13.0. The van der Waals surface area contributed by atoms with Crippen molar-refractivity contribution in [3.63, 3.8) is 0 Å². The van der Waals surface area contributed by atoms with Gasteiger partial charge in [0, 0.05) is 34.9 Å². The van der Waals surface area contributed by atoms with Crippen LogP contribution in [0.5, 0.6) is 11.5 Å². The zero-order valence-electron chi connectivity index (χ0n) is 24.2. The highest BCUT2D eigenvalue weighted by molar-refractivity contribution is 5.98. The van der Waals surface area contributed by atoms with Gasteiger partial charge >= 0.3 is 6.18 Å². The summed E-state index contributed by atoms with van der Waals surface area (Å²) < 4.78 is 51.5. The zero-order valence-corrected chi connectivity index (χ0v) is 24.2. The van der Waals surface area contributed by atoms with Gasteiger partial charge in [-0.2, -0.15) is 13.2 Å². The van der Waals surface area contributed by atoms with E-state index < -0.39 is 47.7 Å². The molecular formula is C32H35F3N2O7. The van der Waals surface area contributed by atoms with Gasteiger partial charge in [0.15, 0.2) is 11.5 Å². The molecule has 0 spiro atoms. The number of nitrogens with zero attached hydrogens (tertiary/aromatic N) is 1. The van der Waals surface area contributed by atoms with E-state index in [1.165, 1.54) is 24.2 Å². The molecule has 0 aromatic heterocycles. The summed E-state index contributed by atoms with van der Waals surface area (Å²) >= 11 is 0. The lowest BCUT2D eigenvalue weighted by atomic mass is 9.76. The molecule has 1 fully saturated rings. The maximum absolute atomic E-state index is 14.2. The fourth-order valence-corrected chi connectivity index (χ4v) is 6.56. The standard InChI is InChI=1S/C32H35F3N2O7/c1-43-25-15-18(17-39)14-22-26-23(30(41)36-12-13-38)16-24(27(40)29(26)44-28(22)25)37(21-6-4-2-3-5-7-21)31(42)19-8-10-20(11-9-19)32(33,34)35/h8-11,14-17,21,24,26-27,29,38,40H,2-7,12-13H2,1H3,(H,36,41). The SMILES string of the molecule is COc1cc(C=O)cc2c1OC1C2C(C(=O)NCCO)=CC(N(C(=O)c2ccc(C(F)(F)F)cc2)C2CCCCCC2)C1O. The van der Waals surface area contributed by atoms with E-state index >= 15 is 0 Å². The predicted octanol–water partition coefficient (Wildman–Crippen LogP) is 4.01. The number of aliphatic hydroxyl groups is 2. The summed E-state index contributed by atoms with van der Waals surface area (Å²) in [5.41, 5.74) is 0.0216. The molecule has 3 aliphatic rings. The molecular weight excluding hydrogens is 581 g/mol. The lowest BCUT2D eigenvalue weighted by Crippen LogP contribution is -2.58. The third-order valence-electron chi connectivity index (χ3n) is 8.64. The Balaban J connectivity index is 1.62. The molecule has 1 heterocycles. The Bertz CT molecular complexity index is 1420. The first-order chi connectivity index (χ1) is 21.1. The van der Waals surface area contributed by atoms with Crippen LogP contribution in [-0.2, 0) is 11.0 Å². The summed E-state index contributed by atoms with van der Waals surface area (Å²) in [5, 5.41) is 23.9. The highest BCUT2D eigenvalue weighted by atomic mass is 19.4. The van der Waals surface area contributed by atoms with Gasteiger partial charge in [-0.1, -0.05) is 25.7 Å². The van der Waals surface area contributed by atoms with Crippen LogP contribution >= 0.6 is 0 Å². The van der Waals surface area contributed by atoms with E-state index in [2.05, 4.69) is 5.32 Å². The largest absolute Gasteiger partial charge is 0.493 e. The Kier molecular flexibility index (Phi) is 9.31. The molecule has 3 N–H and O–H groups in total. The number of fused-ring (bicyclic) bond motifs is 3. The van der Waals surface area contributed by atoms with E-state index in [1.54, 1.807) is 6.07 Å². The molecule has 2 aliphatic carbocycles. The molecule has 1 saturated carbocycles. The molecule has 236 valence electrons. The quantitative estimate of drug-likeness (QED) is 0.302. The number of aldehydes is 1. The summed E-state index contributed by atoms with van der Waals surface area (Å²) in [6.07, 6.45) is -0.0640. The zero-order chi connectivity index (χ0) is 31.6. The van der Waals surface area contributed by atoms with E-state index in [0.29, 0.717) is 24.7 Å². The van der Waals surface area contributed by atoms with Gasteiger partial charge in [0.05, 0.1) is 31.2 Å². The van der Waals surface area contributed by atoms with Crippen LogP contribution in [0.25, 0.3) is 0 Å². The van der Waals surface area contributed by atoms with Crippen molar-refractivity contribution < 1.29 is 47.2 Å². The van der Waals surface area contributed by atoms with Gasteiger partial charge in [-0.3, -0.25) is 14.4 Å². The van der Waals surface area contributed by atoms with Gasteiger partial charge in [-0.05, 0) is 55.3 Å². The number of ether oxygens (including phenoxy) is 2. The van der Waals surface area contributed by atoms with Crippen LogP contribution in [0.4, 0.5) is 13.2 Å². The number of hydrogen-bond acceptors (Lipinski definition) is 7. The van der Waals surface area contributed by atoms with Crippen LogP contribution in [0.15, 0.2) is 48.0 Å². The van der Waals surface area contributed by atoms with Gasteiger partial charge < -0.3 is 29.9 Å². The van der Waals surface area contributed by atoms with Gasteiger partial charge in [0.2, 0.25) is 5.91 Å². The maximum atomic E-state index is 14.2. The van der Waals surface area contributed by atoms with E-state index in [4.69, 9.17) is 9.47 Å². The Hall–Kier alpha value is -3.90. The molecule has 2 aromatic rings. The lowest BCUT2D eigenvalue weighted by Gasteiger charge is -2.44. The Morgan fingerprint density at radius 2 is 1.80 bits per heavy atom. The molecule has 2 amide bonds. The number of amides is 2. The number of alkyl halides is 3. The van der Waals surface area contributed by atoms with E-state index in [-0.39, 0.29) is 47.4 Å². The van der Waals surface area contributed by atoms with Crippen LogP contribution < -0.4 is 14.8 Å². The van der Waals surface area contributed by atoms with Crippen molar-refractivity contribution in [1.29, 1.82) is 0 Å². The van der Waals surface area contributed by atoms with E-state index in [0.717, 1.165) is 49.9 Å². The van der Waals surface area contributed by atoms with Crippen molar-refractivity contribution in [3.8, 4) is 11.5 Å². The highest BCUT2D eigenvalue weighted by Crippen LogP contribution is 2.51. The average molecular weight is 617 g/mol. The third kappa shape index (κ3) is 6.05. The number of benzene rings is 2. The fraction of sp³-hybridized carbons (Fsp3) is 0.469. The average Bonchev–Trinajstić information content (AvgIpc) is 3.20. The van der Waals surface area contributed by atoms with Crippen LogP contribution in [0.2, 0.25) is 0 Å². The van der Waals surface area contributed by atoms with Gasteiger partial charge in [-0.15, -0.1) is 0 Å². The van der Waals surface area contributed by atoms with Crippen LogP contribution in [0.3, 0.4) is 0 Å². The van der Waals surface area contributed by atoms with Gasteiger partial charge in [-0.25, -0.2) is 0 Å². The van der Waals surface area contributed by atoms with Crippen LogP contribution in [0.1, 0.15) is 76.3 Å². The van der Waals surface area contributed by atoms with E-state index in [1.807, 2.05) is 0 Å². The van der Waals surface area contributed by atoms with Crippen molar-refractivity contribution in [3.05, 3.63) is 70.3 Å². The maximum Gasteiger partial charge on any atom is 0.416 e. The second-order valence-corrected chi connectivity index (χ2v) is 11.3. The molecule has 4 unspecified atom stereocenters. The lowest BCUT2D eigenvalue weighted by molar-refractivity contribution is -0.137. The molecule has 2 aromatic carbocycles. The van der Waals surface area contributed by atoms with Gasteiger partial charge in [0.1, 0.15) is 18.5 Å². The molecule has 0 bridgehead atoms. The summed E-state index contributed by atoms with van der Waals surface area (Å²) in [4.78, 5) is 40.9. The van der Waals surface area contributed by atoms with Crippen molar-refractivity contribution in [1.82, 2.24) is 10.2 Å². The minimum absolute atomic E-state index is 0.0178. The summed E-state index contributed by atoms with van der Waals surface area (Å²) in [6.45, 7) is -0.376. The number of rotatable bonds is 8. The highest BCUT2D eigenvalue weighted by Gasteiger charge is 2.52. The molecule has 44 heavy (non-hydrogen) atoms. The Labute approximate surface area is 252 Å². The number of halogens is 3.